The number of nitrogens with zero attached hydrogens (tertiary/aromatic N) is 3. The van der Waals surface area contributed by atoms with Crippen LogP contribution in [0.25, 0.3) is 0 Å². The largest absolute Gasteiger partial charge is 0.367 e. The summed E-state index contributed by atoms with van der Waals surface area (Å²) in [6, 6.07) is 8.78. The van der Waals surface area contributed by atoms with Crippen LogP contribution in [0.2, 0.25) is 0 Å². The second kappa shape index (κ2) is 7.79. The molecule has 0 radical (unpaired) electrons. The van der Waals surface area contributed by atoms with Crippen LogP contribution in [0.4, 0.5) is 5.69 Å². The van der Waals surface area contributed by atoms with Crippen molar-refractivity contribution in [3.8, 4) is 0 Å². The van der Waals surface area contributed by atoms with Gasteiger partial charge in [-0.05, 0) is 43.5 Å². The van der Waals surface area contributed by atoms with Gasteiger partial charge in [0.1, 0.15) is 0 Å². The summed E-state index contributed by atoms with van der Waals surface area (Å²) < 4.78 is 0. The summed E-state index contributed by atoms with van der Waals surface area (Å²) in [6.45, 7) is 7.21. The van der Waals surface area contributed by atoms with Crippen molar-refractivity contribution in [2.24, 2.45) is 0 Å². The van der Waals surface area contributed by atoms with Crippen LogP contribution in [-0.2, 0) is 24.1 Å². The molecular formula is C19H25N3OS. The molecule has 1 aliphatic heterocycles. The van der Waals surface area contributed by atoms with Gasteiger partial charge in [0.05, 0.1) is 11.9 Å². The van der Waals surface area contributed by atoms with E-state index >= 15 is 0 Å². The van der Waals surface area contributed by atoms with Crippen LogP contribution in [-0.4, -0.2) is 42.0 Å². The summed E-state index contributed by atoms with van der Waals surface area (Å²) >= 11 is 1.91. The number of thiophene rings is 1. The van der Waals surface area contributed by atoms with Gasteiger partial charge in [-0.3, -0.25) is 9.78 Å². The fourth-order valence-electron chi connectivity index (χ4n) is 3.03. The maximum absolute atomic E-state index is 11.4. The predicted octanol–water partition coefficient (Wildman–Crippen LogP) is 3.16. The lowest BCUT2D eigenvalue weighted by atomic mass is 10.2. The zero-order valence-corrected chi connectivity index (χ0v) is 15.3. The van der Waals surface area contributed by atoms with Gasteiger partial charge in [-0.25, -0.2) is 0 Å². The molecule has 2 aromatic rings. The highest BCUT2D eigenvalue weighted by Crippen LogP contribution is 2.20. The van der Waals surface area contributed by atoms with Gasteiger partial charge >= 0.3 is 0 Å². The zero-order chi connectivity index (χ0) is 16.9. The Kier molecular flexibility index (Phi) is 5.51. The number of amides is 1. The summed E-state index contributed by atoms with van der Waals surface area (Å²) in [5.41, 5.74) is 2.30. The first kappa shape index (κ1) is 17.0. The Labute approximate surface area is 148 Å². The van der Waals surface area contributed by atoms with E-state index in [9.17, 15) is 4.79 Å². The van der Waals surface area contributed by atoms with Crippen LogP contribution in [0.1, 0.15) is 29.3 Å². The molecule has 0 atom stereocenters. The Balaban J connectivity index is 1.53. The Morgan fingerprint density at radius 1 is 1.08 bits per heavy atom. The highest BCUT2D eigenvalue weighted by Gasteiger charge is 2.18. The van der Waals surface area contributed by atoms with Crippen molar-refractivity contribution in [3.63, 3.8) is 0 Å². The third-order valence-electron chi connectivity index (χ3n) is 4.59. The van der Waals surface area contributed by atoms with Crippen molar-refractivity contribution in [1.29, 1.82) is 0 Å². The maximum Gasteiger partial charge on any atom is 0.219 e. The van der Waals surface area contributed by atoms with Crippen molar-refractivity contribution in [2.45, 2.75) is 33.1 Å². The van der Waals surface area contributed by atoms with Crippen molar-refractivity contribution in [3.05, 3.63) is 45.9 Å². The maximum atomic E-state index is 11.4. The molecular weight excluding hydrogens is 318 g/mol. The number of piperazine rings is 1. The minimum atomic E-state index is 0.169. The number of carbonyl (C=O) groups excluding carboxylic acids is 1. The highest BCUT2D eigenvalue weighted by molar-refractivity contribution is 7.11. The lowest BCUT2D eigenvalue weighted by molar-refractivity contribution is -0.129. The summed E-state index contributed by atoms with van der Waals surface area (Å²) in [6.07, 6.45) is 5.15. The number of hydrogen-bond donors (Lipinski definition) is 0. The van der Waals surface area contributed by atoms with Gasteiger partial charge in [-0.15, -0.1) is 11.3 Å². The summed E-state index contributed by atoms with van der Waals surface area (Å²) in [4.78, 5) is 23.1. The standard InChI is InChI=1S/C19H25N3OS/c1-3-18-8-9-19(24-18)7-5-16-4-6-17(14-20-16)22-12-10-21(11-13-22)15(2)23/h4,6,8-9,14H,3,5,7,10-13H2,1-2H3. The predicted molar refractivity (Wildman–Crippen MR) is 99.8 cm³/mol. The van der Waals surface area contributed by atoms with Crippen LogP contribution >= 0.6 is 11.3 Å². The van der Waals surface area contributed by atoms with Crippen molar-refractivity contribution in [1.82, 2.24) is 9.88 Å². The average molecular weight is 343 g/mol. The number of aryl methyl sites for hydroxylation is 3. The van der Waals surface area contributed by atoms with E-state index in [1.165, 1.54) is 9.75 Å². The minimum Gasteiger partial charge on any atom is -0.367 e. The molecule has 0 spiro atoms. The Morgan fingerprint density at radius 2 is 1.83 bits per heavy atom. The Hall–Kier alpha value is -1.88. The monoisotopic (exact) mass is 343 g/mol. The normalized spacial score (nSPS) is 14.9. The zero-order valence-electron chi connectivity index (χ0n) is 14.5. The van der Waals surface area contributed by atoms with E-state index in [0.29, 0.717) is 0 Å². The van der Waals surface area contributed by atoms with E-state index in [1.54, 1.807) is 6.92 Å². The number of hydrogen-bond acceptors (Lipinski definition) is 4. The molecule has 0 saturated carbocycles. The number of aromatic nitrogens is 1. The van der Waals surface area contributed by atoms with Gasteiger partial charge in [0.2, 0.25) is 5.91 Å². The highest BCUT2D eigenvalue weighted by atomic mass is 32.1. The molecule has 5 heteroatoms. The summed E-state index contributed by atoms with van der Waals surface area (Å²) in [5.74, 6) is 0.169. The Bertz CT molecular complexity index is 672. The quantitative estimate of drug-likeness (QED) is 0.837. The number of anilines is 1. The molecule has 0 aromatic carbocycles. The summed E-state index contributed by atoms with van der Waals surface area (Å²) in [5, 5.41) is 0. The van der Waals surface area contributed by atoms with Gasteiger partial charge in [-0.2, -0.15) is 0 Å². The smallest absolute Gasteiger partial charge is 0.219 e. The van der Waals surface area contributed by atoms with E-state index in [0.717, 1.165) is 56.8 Å². The molecule has 1 fully saturated rings. The molecule has 1 amide bonds. The van der Waals surface area contributed by atoms with E-state index < -0.39 is 0 Å². The summed E-state index contributed by atoms with van der Waals surface area (Å²) in [7, 11) is 0. The average Bonchev–Trinajstić information content (AvgIpc) is 3.09. The molecule has 128 valence electrons. The van der Waals surface area contributed by atoms with Crippen molar-refractivity contribution >= 4 is 22.9 Å². The SMILES string of the molecule is CCc1ccc(CCc2ccc(N3CCN(C(C)=O)CC3)cn2)s1. The van der Waals surface area contributed by atoms with E-state index in [1.807, 2.05) is 22.4 Å². The second-order valence-electron chi connectivity index (χ2n) is 6.22. The minimum absolute atomic E-state index is 0.169. The fraction of sp³-hybridized carbons (Fsp3) is 0.474. The lowest BCUT2D eigenvalue weighted by Gasteiger charge is -2.35. The third kappa shape index (κ3) is 4.15. The van der Waals surface area contributed by atoms with Crippen molar-refractivity contribution in [2.75, 3.05) is 31.1 Å². The van der Waals surface area contributed by atoms with Gasteiger partial charge in [-0.1, -0.05) is 6.92 Å². The third-order valence-corrected chi connectivity index (χ3v) is 5.88. The molecule has 0 N–H and O–H groups in total. The van der Waals surface area contributed by atoms with Crippen LogP contribution in [0.15, 0.2) is 30.5 Å². The molecule has 0 unspecified atom stereocenters. The topological polar surface area (TPSA) is 36.4 Å². The van der Waals surface area contributed by atoms with Crippen molar-refractivity contribution < 1.29 is 4.79 Å². The second-order valence-corrected chi connectivity index (χ2v) is 7.48. The molecule has 4 nitrogen and oxygen atoms in total. The number of pyridine rings is 1. The van der Waals surface area contributed by atoms with E-state index in [2.05, 4.69) is 41.1 Å². The number of rotatable bonds is 5. The molecule has 0 bridgehead atoms. The Morgan fingerprint density at radius 3 is 2.42 bits per heavy atom. The van der Waals surface area contributed by atoms with Crippen LogP contribution in [0.5, 0.6) is 0 Å². The molecule has 0 aliphatic carbocycles. The number of carbonyl (C=O) groups is 1. The van der Waals surface area contributed by atoms with Crippen LogP contribution in [0.3, 0.4) is 0 Å². The molecule has 3 rings (SSSR count). The van der Waals surface area contributed by atoms with E-state index in [-0.39, 0.29) is 5.91 Å². The molecule has 24 heavy (non-hydrogen) atoms. The van der Waals surface area contributed by atoms with Crippen LogP contribution < -0.4 is 4.90 Å². The first-order valence-electron chi connectivity index (χ1n) is 8.68. The van der Waals surface area contributed by atoms with Gasteiger partial charge < -0.3 is 9.80 Å². The van der Waals surface area contributed by atoms with Gasteiger partial charge in [0.15, 0.2) is 0 Å². The molecule has 1 saturated heterocycles. The lowest BCUT2D eigenvalue weighted by Crippen LogP contribution is -2.48. The molecule has 1 aliphatic rings. The first-order chi connectivity index (χ1) is 11.7. The van der Waals surface area contributed by atoms with Gasteiger partial charge in [0.25, 0.3) is 0 Å². The first-order valence-corrected chi connectivity index (χ1v) is 9.50. The fourth-order valence-corrected chi connectivity index (χ4v) is 3.99. The van der Waals surface area contributed by atoms with Crippen LogP contribution in [0, 0.1) is 0 Å². The van der Waals surface area contributed by atoms with Gasteiger partial charge in [0, 0.05) is 48.6 Å². The molecule has 2 aromatic heterocycles. The van der Waals surface area contributed by atoms with E-state index in [4.69, 9.17) is 0 Å². The molecule has 3 heterocycles.